The molecule has 178 valence electrons. The number of hydrogen-bond acceptors (Lipinski definition) is 5. The number of aromatic nitrogens is 1. The van der Waals surface area contributed by atoms with Crippen LogP contribution in [-0.4, -0.2) is 53.4 Å². The number of benzene rings is 2. The SMILES string of the molecule is COc1ccc(OC)c([C@@H]2c3[nH]c4ccccc4c3C[C@H]3C(=O)N(Cc4cccs4)CC(=O)N23)c1. The van der Waals surface area contributed by atoms with Gasteiger partial charge in [-0.05, 0) is 41.3 Å². The summed E-state index contributed by atoms with van der Waals surface area (Å²) in [6.45, 7) is 0.492. The lowest BCUT2D eigenvalue weighted by atomic mass is 9.85. The Bertz CT molecular complexity index is 1430. The van der Waals surface area contributed by atoms with Crippen LogP contribution in [-0.2, 0) is 22.6 Å². The summed E-state index contributed by atoms with van der Waals surface area (Å²) in [6, 6.07) is 16.5. The van der Waals surface area contributed by atoms with E-state index in [4.69, 9.17) is 9.47 Å². The molecule has 0 aliphatic carbocycles. The Labute approximate surface area is 206 Å². The first-order chi connectivity index (χ1) is 17.1. The number of piperazine rings is 1. The highest BCUT2D eigenvalue weighted by Gasteiger charge is 2.49. The minimum atomic E-state index is -0.594. The normalized spacial score (nSPS) is 19.6. The summed E-state index contributed by atoms with van der Waals surface area (Å²) in [5.41, 5.74) is 3.76. The molecule has 2 atom stereocenters. The standard InChI is InChI=1S/C27H25N3O4S/c1-33-16-9-10-23(34-2)20(12-16)26-25-19(18-7-3-4-8-21(18)28-25)13-22-27(32)29(15-24(31)30(22)26)14-17-6-5-11-35-17/h3-12,22,26,28H,13-15H2,1-2H3/t22-,26+/m0/s1. The highest BCUT2D eigenvalue weighted by atomic mass is 32.1. The molecule has 4 aromatic rings. The highest BCUT2D eigenvalue weighted by molar-refractivity contribution is 7.09. The van der Waals surface area contributed by atoms with Crippen LogP contribution in [0.15, 0.2) is 60.0 Å². The lowest BCUT2D eigenvalue weighted by Crippen LogP contribution is -2.62. The summed E-state index contributed by atoms with van der Waals surface area (Å²) < 4.78 is 11.2. The van der Waals surface area contributed by atoms with Gasteiger partial charge < -0.3 is 24.3 Å². The average molecular weight is 488 g/mol. The Morgan fingerprint density at radius 3 is 2.69 bits per heavy atom. The van der Waals surface area contributed by atoms with Crippen molar-refractivity contribution in [2.24, 2.45) is 0 Å². The molecule has 0 spiro atoms. The van der Waals surface area contributed by atoms with Crippen LogP contribution in [0.25, 0.3) is 10.9 Å². The number of carbonyl (C=O) groups is 2. The van der Waals surface area contributed by atoms with E-state index in [1.54, 1.807) is 35.4 Å². The fraction of sp³-hybridized carbons (Fsp3) is 0.259. The van der Waals surface area contributed by atoms with Crippen molar-refractivity contribution in [2.45, 2.75) is 25.0 Å². The Balaban J connectivity index is 1.52. The molecule has 0 radical (unpaired) electrons. The van der Waals surface area contributed by atoms with Crippen molar-refractivity contribution in [3.05, 3.63) is 81.7 Å². The predicted molar refractivity (Wildman–Crippen MR) is 134 cm³/mol. The summed E-state index contributed by atoms with van der Waals surface area (Å²) in [5, 5.41) is 3.06. The highest BCUT2D eigenvalue weighted by Crippen LogP contribution is 2.45. The summed E-state index contributed by atoms with van der Waals surface area (Å²) in [5.74, 6) is 1.20. The first kappa shape index (κ1) is 21.7. The second kappa shape index (κ2) is 8.46. The molecule has 1 saturated heterocycles. The zero-order valence-corrected chi connectivity index (χ0v) is 20.3. The molecule has 0 unspecified atom stereocenters. The van der Waals surface area contributed by atoms with Crippen LogP contribution < -0.4 is 9.47 Å². The number of methoxy groups -OCH3 is 2. The van der Waals surface area contributed by atoms with E-state index in [2.05, 4.69) is 11.1 Å². The third kappa shape index (κ3) is 3.47. The number of aromatic amines is 1. The number of ether oxygens (including phenoxy) is 2. The molecule has 2 aromatic heterocycles. The number of rotatable bonds is 5. The number of carbonyl (C=O) groups excluding carboxylic acids is 2. The maximum absolute atomic E-state index is 13.8. The van der Waals surface area contributed by atoms with Crippen LogP contribution in [0.4, 0.5) is 0 Å². The van der Waals surface area contributed by atoms with Crippen molar-refractivity contribution in [3.8, 4) is 11.5 Å². The van der Waals surface area contributed by atoms with Crippen LogP contribution in [0.3, 0.4) is 0 Å². The lowest BCUT2D eigenvalue weighted by molar-refractivity contribution is -0.159. The molecule has 1 fully saturated rings. The second-order valence-electron chi connectivity index (χ2n) is 8.87. The molecule has 0 bridgehead atoms. The smallest absolute Gasteiger partial charge is 0.246 e. The topological polar surface area (TPSA) is 74.9 Å². The van der Waals surface area contributed by atoms with Crippen LogP contribution in [0.2, 0.25) is 0 Å². The Hall–Kier alpha value is -3.78. The van der Waals surface area contributed by atoms with E-state index in [0.29, 0.717) is 24.5 Å². The van der Waals surface area contributed by atoms with Gasteiger partial charge in [-0.15, -0.1) is 11.3 Å². The van der Waals surface area contributed by atoms with Crippen molar-refractivity contribution in [1.29, 1.82) is 0 Å². The van der Waals surface area contributed by atoms with Gasteiger partial charge in [0.2, 0.25) is 11.8 Å². The zero-order chi connectivity index (χ0) is 24.1. The van der Waals surface area contributed by atoms with E-state index in [1.165, 1.54) is 0 Å². The van der Waals surface area contributed by atoms with Crippen LogP contribution in [0, 0.1) is 0 Å². The Morgan fingerprint density at radius 1 is 1.06 bits per heavy atom. The summed E-state index contributed by atoms with van der Waals surface area (Å²) in [6.07, 6.45) is 0.466. The third-order valence-electron chi connectivity index (χ3n) is 7.00. The molecule has 2 aliphatic heterocycles. The molecule has 2 amide bonds. The van der Waals surface area contributed by atoms with E-state index in [-0.39, 0.29) is 18.4 Å². The van der Waals surface area contributed by atoms with Gasteiger partial charge in [-0.1, -0.05) is 24.3 Å². The van der Waals surface area contributed by atoms with Gasteiger partial charge in [-0.3, -0.25) is 9.59 Å². The first-order valence-corrected chi connectivity index (χ1v) is 12.4. The van der Waals surface area contributed by atoms with Gasteiger partial charge in [0.15, 0.2) is 0 Å². The minimum absolute atomic E-state index is 0.0270. The lowest BCUT2D eigenvalue weighted by Gasteiger charge is -2.47. The van der Waals surface area contributed by atoms with Gasteiger partial charge in [-0.2, -0.15) is 0 Å². The van der Waals surface area contributed by atoms with E-state index in [0.717, 1.165) is 32.6 Å². The number of para-hydroxylation sites is 1. The summed E-state index contributed by atoms with van der Waals surface area (Å²) in [4.78, 5) is 35.6. The number of fused-ring (bicyclic) bond motifs is 4. The van der Waals surface area contributed by atoms with Gasteiger partial charge >= 0.3 is 0 Å². The van der Waals surface area contributed by atoms with Crippen LogP contribution in [0.5, 0.6) is 11.5 Å². The number of nitrogens with zero attached hydrogens (tertiary/aromatic N) is 2. The molecular formula is C27H25N3O4S. The first-order valence-electron chi connectivity index (χ1n) is 11.5. The van der Waals surface area contributed by atoms with Gasteiger partial charge in [-0.25, -0.2) is 0 Å². The van der Waals surface area contributed by atoms with Crippen LogP contribution >= 0.6 is 11.3 Å². The van der Waals surface area contributed by atoms with Crippen molar-refractivity contribution in [1.82, 2.24) is 14.8 Å². The average Bonchev–Trinajstić information content (AvgIpc) is 3.53. The molecule has 4 heterocycles. The number of thiophene rings is 1. The van der Waals surface area contributed by atoms with Gasteiger partial charge in [0.05, 0.1) is 20.8 Å². The van der Waals surface area contributed by atoms with Crippen molar-refractivity contribution >= 4 is 34.1 Å². The minimum Gasteiger partial charge on any atom is -0.497 e. The quantitative estimate of drug-likeness (QED) is 0.459. The van der Waals surface area contributed by atoms with E-state index in [1.807, 2.05) is 53.9 Å². The zero-order valence-electron chi connectivity index (χ0n) is 19.5. The molecule has 35 heavy (non-hydrogen) atoms. The van der Waals surface area contributed by atoms with Crippen molar-refractivity contribution in [3.63, 3.8) is 0 Å². The largest absolute Gasteiger partial charge is 0.497 e. The Morgan fingerprint density at radius 2 is 1.91 bits per heavy atom. The summed E-state index contributed by atoms with van der Waals surface area (Å²) >= 11 is 1.59. The van der Waals surface area contributed by atoms with E-state index >= 15 is 0 Å². The fourth-order valence-electron chi connectivity index (χ4n) is 5.43. The van der Waals surface area contributed by atoms with Crippen LogP contribution in [0.1, 0.15) is 27.7 Å². The molecule has 6 rings (SSSR count). The number of nitrogens with one attached hydrogen (secondary N) is 1. The monoisotopic (exact) mass is 487 g/mol. The molecule has 7 nitrogen and oxygen atoms in total. The number of hydrogen-bond donors (Lipinski definition) is 1. The Kier molecular flexibility index (Phi) is 5.25. The number of amides is 2. The van der Waals surface area contributed by atoms with E-state index < -0.39 is 12.1 Å². The van der Waals surface area contributed by atoms with Gasteiger partial charge in [0, 0.05) is 33.5 Å². The maximum atomic E-state index is 13.8. The van der Waals surface area contributed by atoms with E-state index in [9.17, 15) is 9.59 Å². The predicted octanol–water partition coefficient (Wildman–Crippen LogP) is 4.13. The van der Waals surface area contributed by atoms with Crippen molar-refractivity contribution < 1.29 is 19.1 Å². The van der Waals surface area contributed by atoms with Crippen molar-refractivity contribution in [2.75, 3.05) is 20.8 Å². The third-order valence-corrected chi connectivity index (χ3v) is 7.86. The second-order valence-corrected chi connectivity index (χ2v) is 9.90. The fourth-order valence-corrected chi connectivity index (χ4v) is 6.14. The molecule has 8 heteroatoms. The maximum Gasteiger partial charge on any atom is 0.246 e. The number of H-pyrrole nitrogens is 1. The van der Waals surface area contributed by atoms with Gasteiger partial charge in [0.1, 0.15) is 30.1 Å². The molecule has 1 N–H and O–H groups in total. The van der Waals surface area contributed by atoms with Gasteiger partial charge in [0.25, 0.3) is 0 Å². The molecular weight excluding hydrogens is 462 g/mol. The molecule has 2 aliphatic rings. The summed E-state index contributed by atoms with van der Waals surface area (Å²) in [7, 11) is 3.23. The molecule has 2 aromatic carbocycles. The molecule has 0 saturated carbocycles.